The van der Waals surface area contributed by atoms with Gasteiger partial charge in [0.15, 0.2) is 0 Å². The summed E-state index contributed by atoms with van der Waals surface area (Å²) in [7, 11) is 0. The Morgan fingerprint density at radius 1 is 1.29 bits per heavy atom. The van der Waals surface area contributed by atoms with Crippen molar-refractivity contribution in [3.63, 3.8) is 0 Å². The van der Waals surface area contributed by atoms with Crippen LogP contribution in [0.15, 0.2) is 34.9 Å². The predicted octanol–water partition coefficient (Wildman–Crippen LogP) is 2.65. The summed E-state index contributed by atoms with van der Waals surface area (Å²) in [6.07, 6.45) is 0. The van der Waals surface area contributed by atoms with Gasteiger partial charge in [0.2, 0.25) is 5.76 Å². The second-order valence-electron chi connectivity index (χ2n) is 3.78. The van der Waals surface area contributed by atoms with Gasteiger partial charge < -0.3 is 9.26 Å². The van der Waals surface area contributed by atoms with Crippen LogP contribution >= 0.6 is 0 Å². The van der Waals surface area contributed by atoms with Gasteiger partial charge in [0.1, 0.15) is 6.61 Å². The molecule has 1 aromatic heterocycles. The van der Waals surface area contributed by atoms with Gasteiger partial charge in [0, 0.05) is 5.56 Å². The van der Waals surface area contributed by atoms with Crippen LogP contribution in [0.4, 0.5) is 0 Å². The van der Waals surface area contributed by atoms with E-state index in [4.69, 9.17) is 9.26 Å². The Balaban J connectivity index is 2.01. The molecule has 0 N–H and O–H groups in total. The van der Waals surface area contributed by atoms with Crippen molar-refractivity contribution in [3.05, 3.63) is 52.9 Å². The van der Waals surface area contributed by atoms with Gasteiger partial charge in [-0.1, -0.05) is 35.5 Å². The minimum Gasteiger partial charge on any atom is -0.455 e. The quantitative estimate of drug-likeness (QED) is 0.762. The molecule has 0 radical (unpaired) electrons. The van der Waals surface area contributed by atoms with Crippen LogP contribution in [-0.4, -0.2) is 11.1 Å². The van der Waals surface area contributed by atoms with E-state index in [0.29, 0.717) is 5.69 Å². The lowest BCUT2D eigenvalue weighted by molar-refractivity contribution is 0.0424. The van der Waals surface area contributed by atoms with E-state index in [1.54, 1.807) is 13.8 Å². The Hall–Kier alpha value is -2.10. The lowest BCUT2D eigenvalue weighted by atomic mass is 10.2. The molecule has 0 atom stereocenters. The molecular formula is C13H13NO3. The third kappa shape index (κ3) is 2.53. The molecule has 0 spiro atoms. The zero-order valence-electron chi connectivity index (χ0n) is 9.77. The van der Waals surface area contributed by atoms with E-state index in [0.717, 1.165) is 11.1 Å². The van der Waals surface area contributed by atoms with Crippen molar-refractivity contribution in [1.82, 2.24) is 5.16 Å². The smallest absolute Gasteiger partial charge is 0.377 e. The molecular weight excluding hydrogens is 218 g/mol. The topological polar surface area (TPSA) is 52.3 Å². The van der Waals surface area contributed by atoms with Crippen molar-refractivity contribution in [2.24, 2.45) is 0 Å². The second-order valence-corrected chi connectivity index (χ2v) is 3.78. The SMILES string of the molecule is Cc1noc(C(=O)OCc2ccccc2)c1C. The zero-order valence-corrected chi connectivity index (χ0v) is 9.77. The maximum atomic E-state index is 11.7. The maximum absolute atomic E-state index is 11.7. The van der Waals surface area contributed by atoms with Crippen LogP contribution in [0.1, 0.15) is 27.4 Å². The highest BCUT2D eigenvalue weighted by Crippen LogP contribution is 2.13. The number of aryl methyl sites for hydroxylation is 1. The number of hydrogen-bond donors (Lipinski definition) is 0. The number of esters is 1. The molecule has 0 aliphatic carbocycles. The second kappa shape index (κ2) is 4.82. The summed E-state index contributed by atoms with van der Waals surface area (Å²) in [6, 6.07) is 9.49. The van der Waals surface area contributed by atoms with Gasteiger partial charge in [-0.15, -0.1) is 0 Å². The summed E-state index contributed by atoms with van der Waals surface area (Å²) in [5.41, 5.74) is 2.37. The van der Waals surface area contributed by atoms with Crippen molar-refractivity contribution in [2.45, 2.75) is 20.5 Å². The molecule has 0 saturated carbocycles. The van der Waals surface area contributed by atoms with Gasteiger partial charge in [-0.05, 0) is 19.4 Å². The maximum Gasteiger partial charge on any atom is 0.377 e. The third-order valence-corrected chi connectivity index (χ3v) is 2.56. The largest absolute Gasteiger partial charge is 0.455 e. The number of carbonyl (C=O) groups is 1. The van der Waals surface area contributed by atoms with Crippen molar-refractivity contribution < 1.29 is 14.1 Å². The Morgan fingerprint density at radius 3 is 2.59 bits per heavy atom. The summed E-state index contributed by atoms with van der Waals surface area (Å²) in [6.45, 7) is 3.80. The molecule has 17 heavy (non-hydrogen) atoms. The summed E-state index contributed by atoms with van der Waals surface area (Å²) in [5.74, 6) is -0.301. The van der Waals surface area contributed by atoms with E-state index in [-0.39, 0.29) is 12.4 Å². The van der Waals surface area contributed by atoms with Crippen molar-refractivity contribution >= 4 is 5.97 Å². The number of nitrogens with zero attached hydrogens (tertiary/aromatic N) is 1. The molecule has 0 saturated heterocycles. The molecule has 0 amide bonds. The van der Waals surface area contributed by atoms with Crippen LogP contribution in [0.2, 0.25) is 0 Å². The van der Waals surface area contributed by atoms with Gasteiger partial charge in [0.05, 0.1) is 5.69 Å². The molecule has 4 nitrogen and oxygen atoms in total. The van der Waals surface area contributed by atoms with Gasteiger partial charge in [-0.25, -0.2) is 4.79 Å². The Morgan fingerprint density at radius 2 is 2.00 bits per heavy atom. The molecule has 0 aliphatic rings. The molecule has 0 aliphatic heterocycles. The Kier molecular flexibility index (Phi) is 3.23. The lowest BCUT2D eigenvalue weighted by Gasteiger charge is -2.02. The summed E-state index contributed by atoms with van der Waals surface area (Å²) >= 11 is 0. The fourth-order valence-electron chi connectivity index (χ4n) is 1.39. The van der Waals surface area contributed by atoms with E-state index < -0.39 is 5.97 Å². The lowest BCUT2D eigenvalue weighted by Crippen LogP contribution is -2.05. The molecule has 88 valence electrons. The predicted molar refractivity (Wildman–Crippen MR) is 61.5 cm³/mol. The van der Waals surface area contributed by atoms with E-state index in [1.807, 2.05) is 30.3 Å². The van der Waals surface area contributed by atoms with Crippen molar-refractivity contribution in [2.75, 3.05) is 0 Å². The van der Waals surface area contributed by atoms with Gasteiger partial charge in [0.25, 0.3) is 0 Å². The molecule has 2 rings (SSSR count). The van der Waals surface area contributed by atoms with Gasteiger partial charge in [-0.2, -0.15) is 0 Å². The first-order valence-electron chi connectivity index (χ1n) is 5.32. The molecule has 1 aromatic carbocycles. The van der Waals surface area contributed by atoms with E-state index in [9.17, 15) is 4.79 Å². The minimum absolute atomic E-state index is 0.179. The zero-order chi connectivity index (χ0) is 12.3. The minimum atomic E-state index is -0.480. The van der Waals surface area contributed by atoms with Crippen LogP contribution in [0.5, 0.6) is 0 Å². The number of ether oxygens (including phenoxy) is 1. The number of rotatable bonds is 3. The third-order valence-electron chi connectivity index (χ3n) is 2.56. The highest BCUT2D eigenvalue weighted by atomic mass is 16.6. The van der Waals surface area contributed by atoms with E-state index >= 15 is 0 Å². The average molecular weight is 231 g/mol. The monoisotopic (exact) mass is 231 g/mol. The van der Waals surface area contributed by atoms with Crippen molar-refractivity contribution in [3.8, 4) is 0 Å². The highest BCUT2D eigenvalue weighted by Gasteiger charge is 2.18. The summed E-state index contributed by atoms with van der Waals surface area (Å²) < 4.78 is 10.1. The Bertz CT molecular complexity index is 517. The summed E-state index contributed by atoms with van der Waals surface area (Å²) in [5, 5.41) is 3.72. The average Bonchev–Trinajstić information content (AvgIpc) is 2.69. The highest BCUT2D eigenvalue weighted by molar-refractivity contribution is 5.87. The summed E-state index contributed by atoms with van der Waals surface area (Å²) in [4.78, 5) is 11.7. The van der Waals surface area contributed by atoms with Gasteiger partial charge >= 0.3 is 5.97 Å². The van der Waals surface area contributed by atoms with Crippen LogP contribution in [0.3, 0.4) is 0 Å². The van der Waals surface area contributed by atoms with E-state index in [1.165, 1.54) is 0 Å². The van der Waals surface area contributed by atoms with Crippen LogP contribution < -0.4 is 0 Å². The van der Waals surface area contributed by atoms with Crippen LogP contribution in [0, 0.1) is 13.8 Å². The standard InChI is InChI=1S/C13H13NO3/c1-9-10(2)14-17-12(9)13(15)16-8-11-6-4-3-5-7-11/h3-7H,8H2,1-2H3. The molecule has 0 unspecified atom stereocenters. The first-order valence-corrected chi connectivity index (χ1v) is 5.32. The molecule has 0 fully saturated rings. The molecule has 4 heteroatoms. The molecule has 1 heterocycles. The number of hydrogen-bond acceptors (Lipinski definition) is 4. The fraction of sp³-hybridized carbons (Fsp3) is 0.231. The molecule has 0 bridgehead atoms. The van der Waals surface area contributed by atoms with E-state index in [2.05, 4.69) is 5.16 Å². The Labute approximate surface area is 99.2 Å². The number of aromatic nitrogens is 1. The first kappa shape index (κ1) is 11.4. The van der Waals surface area contributed by atoms with Crippen LogP contribution in [0.25, 0.3) is 0 Å². The first-order chi connectivity index (χ1) is 8.18. The number of carbonyl (C=O) groups excluding carboxylic acids is 1. The van der Waals surface area contributed by atoms with Crippen molar-refractivity contribution in [1.29, 1.82) is 0 Å². The normalized spacial score (nSPS) is 10.2. The fourth-order valence-corrected chi connectivity index (χ4v) is 1.39. The van der Waals surface area contributed by atoms with Crippen LogP contribution in [-0.2, 0) is 11.3 Å². The number of benzene rings is 1. The molecule has 2 aromatic rings. The van der Waals surface area contributed by atoms with Gasteiger partial charge in [-0.3, -0.25) is 0 Å².